The van der Waals surface area contributed by atoms with Crippen molar-refractivity contribution in [3.05, 3.63) is 46.4 Å². The van der Waals surface area contributed by atoms with E-state index in [1.807, 2.05) is 18.9 Å². The van der Waals surface area contributed by atoms with Crippen molar-refractivity contribution < 1.29 is 4.39 Å². The van der Waals surface area contributed by atoms with Crippen LogP contribution in [0.3, 0.4) is 0 Å². The Morgan fingerprint density at radius 1 is 1.25 bits per heavy atom. The van der Waals surface area contributed by atoms with Crippen LogP contribution >= 0.6 is 15.9 Å². The van der Waals surface area contributed by atoms with Crippen molar-refractivity contribution in [1.29, 1.82) is 0 Å². The molecule has 106 valence electrons. The first-order valence-corrected chi connectivity index (χ1v) is 7.11. The summed E-state index contributed by atoms with van der Waals surface area (Å²) in [6.45, 7) is 3.44. The quantitative estimate of drug-likeness (QED) is 0.906. The van der Waals surface area contributed by atoms with Crippen LogP contribution < -0.4 is 10.2 Å². The molecule has 0 fully saturated rings. The lowest BCUT2D eigenvalue weighted by Gasteiger charge is -2.20. The molecule has 0 unspecified atom stereocenters. The Kier molecular flexibility index (Phi) is 4.89. The molecule has 4 nitrogen and oxygen atoms in total. The fourth-order valence-electron chi connectivity index (χ4n) is 1.86. The zero-order chi connectivity index (χ0) is 14.5. The van der Waals surface area contributed by atoms with Gasteiger partial charge in [0.25, 0.3) is 0 Å². The minimum atomic E-state index is -0.228. The molecule has 1 N–H and O–H groups in total. The Morgan fingerprint density at radius 3 is 2.60 bits per heavy atom. The van der Waals surface area contributed by atoms with Gasteiger partial charge in [-0.1, -0.05) is 12.1 Å². The lowest BCUT2D eigenvalue weighted by atomic mass is 10.2. The smallest absolute Gasteiger partial charge is 0.148 e. The number of hydrogen-bond donors (Lipinski definition) is 1. The first-order chi connectivity index (χ1) is 9.61. The largest absolute Gasteiger partial charge is 0.369 e. The molecule has 2 rings (SSSR count). The summed E-state index contributed by atoms with van der Waals surface area (Å²) in [6, 6.07) is 6.46. The van der Waals surface area contributed by atoms with Crippen LogP contribution in [0, 0.1) is 5.82 Å². The summed E-state index contributed by atoms with van der Waals surface area (Å²) < 4.78 is 13.7. The van der Waals surface area contributed by atoms with Gasteiger partial charge < -0.3 is 10.2 Å². The van der Waals surface area contributed by atoms with Gasteiger partial charge in [0.05, 0.1) is 0 Å². The SMILES string of the molecule is CCNc1ncnc(N(C)Cc2ccc(F)cc2)c1Br. The highest BCUT2D eigenvalue weighted by atomic mass is 79.9. The molecule has 0 aliphatic heterocycles. The second kappa shape index (κ2) is 6.65. The average molecular weight is 339 g/mol. The van der Waals surface area contributed by atoms with E-state index in [9.17, 15) is 4.39 Å². The van der Waals surface area contributed by atoms with Gasteiger partial charge in [0, 0.05) is 20.1 Å². The Bertz CT molecular complexity index is 574. The maximum Gasteiger partial charge on any atom is 0.148 e. The van der Waals surface area contributed by atoms with Crippen molar-refractivity contribution >= 4 is 27.6 Å². The molecule has 0 bridgehead atoms. The zero-order valence-corrected chi connectivity index (χ0v) is 13.0. The average Bonchev–Trinajstić information content (AvgIpc) is 2.44. The normalized spacial score (nSPS) is 10.4. The van der Waals surface area contributed by atoms with E-state index in [0.29, 0.717) is 6.54 Å². The van der Waals surface area contributed by atoms with E-state index in [1.54, 1.807) is 12.1 Å². The van der Waals surface area contributed by atoms with Gasteiger partial charge in [-0.05, 0) is 40.5 Å². The molecule has 1 heterocycles. The molecular formula is C14H16BrFN4. The van der Waals surface area contributed by atoms with Crippen molar-refractivity contribution in [2.75, 3.05) is 23.8 Å². The summed E-state index contributed by atoms with van der Waals surface area (Å²) in [5.41, 5.74) is 1.02. The van der Waals surface area contributed by atoms with Gasteiger partial charge in [-0.2, -0.15) is 0 Å². The van der Waals surface area contributed by atoms with E-state index in [0.717, 1.165) is 28.2 Å². The summed E-state index contributed by atoms with van der Waals surface area (Å²) in [7, 11) is 1.94. The molecule has 20 heavy (non-hydrogen) atoms. The maximum atomic E-state index is 12.9. The van der Waals surface area contributed by atoms with Gasteiger partial charge in [-0.25, -0.2) is 14.4 Å². The number of aromatic nitrogens is 2. The van der Waals surface area contributed by atoms with Crippen molar-refractivity contribution in [1.82, 2.24) is 9.97 Å². The molecule has 0 spiro atoms. The highest BCUT2D eigenvalue weighted by Crippen LogP contribution is 2.29. The third-order valence-corrected chi connectivity index (χ3v) is 3.54. The molecule has 2 aromatic rings. The number of nitrogens with one attached hydrogen (secondary N) is 1. The minimum Gasteiger partial charge on any atom is -0.369 e. The molecule has 0 aliphatic rings. The van der Waals surface area contributed by atoms with Gasteiger partial charge >= 0.3 is 0 Å². The van der Waals surface area contributed by atoms with Crippen molar-refractivity contribution in [3.63, 3.8) is 0 Å². The van der Waals surface area contributed by atoms with Crippen LogP contribution in [-0.2, 0) is 6.54 Å². The molecular weight excluding hydrogens is 323 g/mol. The van der Waals surface area contributed by atoms with E-state index < -0.39 is 0 Å². The standard InChI is InChI=1S/C14H16BrFN4/c1-3-17-13-12(15)14(19-9-18-13)20(2)8-10-4-6-11(16)7-5-10/h4-7,9H,3,8H2,1-2H3,(H,17,18,19). The second-order valence-electron chi connectivity index (χ2n) is 4.37. The molecule has 0 amide bonds. The van der Waals surface area contributed by atoms with Crippen molar-refractivity contribution in [3.8, 4) is 0 Å². The van der Waals surface area contributed by atoms with E-state index in [-0.39, 0.29) is 5.82 Å². The summed E-state index contributed by atoms with van der Waals surface area (Å²) in [5, 5.41) is 3.17. The number of benzene rings is 1. The van der Waals surface area contributed by atoms with E-state index in [4.69, 9.17) is 0 Å². The van der Waals surface area contributed by atoms with Gasteiger partial charge in [-0.3, -0.25) is 0 Å². The Hall–Kier alpha value is -1.69. The molecule has 0 radical (unpaired) electrons. The first-order valence-electron chi connectivity index (χ1n) is 6.31. The van der Waals surface area contributed by atoms with Crippen LogP contribution in [0.4, 0.5) is 16.0 Å². The minimum absolute atomic E-state index is 0.228. The van der Waals surface area contributed by atoms with Gasteiger partial charge in [-0.15, -0.1) is 0 Å². The topological polar surface area (TPSA) is 41.1 Å². The van der Waals surface area contributed by atoms with Gasteiger partial charge in [0.1, 0.15) is 28.3 Å². The Labute approximate surface area is 126 Å². The van der Waals surface area contributed by atoms with Crippen LogP contribution in [0.15, 0.2) is 35.1 Å². The lowest BCUT2D eigenvalue weighted by molar-refractivity contribution is 0.627. The Balaban J connectivity index is 2.18. The molecule has 1 aromatic heterocycles. The van der Waals surface area contributed by atoms with Crippen LogP contribution in [-0.4, -0.2) is 23.6 Å². The highest BCUT2D eigenvalue weighted by Gasteiger charge is 2.12. The van der Waals surface area contributed by atoms with Gasteiger partial charge in [0.15, 0.2) is 0 Å². The Morgan fingerprint density at radius 2 is 1.95 bits per heavy atom. The lowest BCUT2D eigenvalue weighted by Crippen LogP contribution is -2.19. The molecule has 6 heteroatoms. The summed E-state index contributed by atoms with van der Waals surface area (Å²) in [5.74, 6) is 1.33. The van der Waals surface area contributed by atoms with Crippen LogP contribution in [0.5, 0.6) is 0 Å². The monoisotopic (exact) mass is 338 g/mol. The number of nitrogens with zero attached hydrogens (tertiary/aromatic N) is 3. The molecule has 0 saturated carbocycles. The van der Waals surface area contributed by atoms with E-state index in [2.05, 4.69) is 31.2 Å². The van der Waals surface area contributed by atoms with Gasteiger partial charge in [0.2, 0.25) is 0 Å². The number of rotatable bonds is 5. The third-order valence-electron chi connectivity index (χ3n) is 2.81. The first kappa shape index (κ1) is 14.7. The third kappa shape index (κ3) is 3.45. The maximum absolute atomic E-state index is 12.9. The van der Waals surface area contributed by atoms with Crippen molar-refractivity contribution in [2.24, 2.45) is 0 Å². The molecule has 0 saturated heterocycles. The fraction of sp³-hybridized carbons (Fsp3) is 0.286. The molecule has 0 aliphatic carbocycles. The van der Waals surface area contributed by atoms with E-state index >= 15 is 0 Å². The second-order valence-corrected chi connectivity index (χ2v) is 5.17. The van der Waals surface area contributed by atoms with Crippen molar-refractivity contribution in [2.45, 2.75) is 13.5 Å². The van der Waals surface area contributed by atoms with Crippen LogP contribution in [0.25, 0.3) is 0 Å². The van der Waals surface area contributed by atoms with Crippen LogP contribution in [0.1, 0.15) is 12.5 Å². The van der Waals surface area contributed by atoms with Crippen LogP contribution in [0.2, 0.25) is 0 Å². The summed E-state index contributed by atoms with van der Waals surface area (Å²) in [6.07, 6.45) is 1.53. The molecule has 1 aromatic carbocycles. The number of halogens is 2. The predicted molar refractivity (Wildman–Crippen MR) is 82.4 cm³/mol. The summed E-state index contributed by atoms with van der Waals surface area (Å²) >= 11 is 3.52. The fourth-order valence-corrected chi connectivity index (χ4v) is 2.50. The number of anilines is 2. The predicted octanol–water partition coefficient (Wildman–Crippen LogP) is 3.45. The number of hydrogen-bond acceptors (Lipinski definition) is 4. The van der Waals surface area contributed by atoms with E-state index in [1.165, 1.54) is 18.5 Å². The highest BCUT2D eigenvalue weighted by molar-refractivity contribution is 9.10. The zero-order valence-electron chi connectivity index (χ0n) is 11.4. The summed E-state index contributed by atoms with van der Waals surface area (Å²) in [4.78, 5) is 10.5. The molecule has 0 atom stereocenters.